The molecule has 0 spiro atoms. The molecule has 4 nitrogen and oxygen atoms in total. The topological polar surface area (TPSA) is 42.7 Å². The van der Waals surface area contributed by atoms with Gasteiger partial charge in [0.2, 0.25) is 0 Å². The number of anilines is 1. The van der Waals surface area contributed by atoms with Crippen molar-refractivity contribution in [3.05, 3.63) is 35.4 Å². The molecule has 0 amide bonds. The second-order valence-electron chi connectivity index (χ2n) is 4.15. The van der Waals surface area contributed by atoms with E-state index >= 15 is 0 Å². The minimum Gasteiger partial charge on any atom is -0.347 e. The van der Waals surface area contributed by atoms with Gasteiger partial charge in [-0.3, -0.25) is 0 Å². The number of alkyl halides is 3. The number of nitrogens with zero attached hydrogens (tertiary/aromatic N) is 3. The zero-order valence-electron chi connectivity index (χ0n) is 9.70. The third-order valence-corrected chi connectivity index (χ3v) is 3.12. The van der Waals surface area contributed by atoms with Crippen molar-refractivity contribution in [2.45, 2.75) is 12.6 Å². The first-order valence-electron chi connectivity index (χ1n) is 5.47. The summed E-state index contributed by atoms with van der Waals surface area (Å²) in [6, 6.07) is 0.429. The van der Waals surface area contributed by atoms with Gasteiger partial charge in [-0.05, 0) is 6.07 Å². The van der Waals surface area contributed by atoms with Crippen LogP contribution in [-0.2, 0) is 12.6 Å². The normalized spacial score (nSPS) is 14.3. The third-order valence-electron chi connectivity index (χ3n) is 2.88. The van der Waals surface area contributed by atoms with E-state index < -0.39 is 17.6 Å². The fourth-order valence-corrected chi connectivity index (χ4v) is 2.37. The lowest BCUT2D eigenvalue weighted by Gasteiger charge is -2.15. The van der Waals surface area contributed by atoms with Gasteiger partial charge in [-0.2, -0.15) is 28.2 Å². The van der Waals surface area contributed by atoms with Gasteiger partial charge >= 0.3 is 6.18 Å². The molecule has 1 aromatic carbocycles. The summed E-state index contributed by atoms with van der Waals surface area (Å²) in [6.45, 7) is 0. The Labute approximate surface area is 115 Å². The Morgan fingerprint density at radius 1 is 1.25 bits per heavy atom. The van der Waals surface area contributed by atoms with Gasteiger partial charge in [0, 0.05) is 12.0 Å². The molecule has 1 N–H and O–H groups in total. The largest absolute Gasteiger partial charge is 0.418 e. The summed E-state index contributed by atoms with van der Waals surface area (Å²) in [5.41, 5.74) is -1.36. The average Bonchev–Trinajstić information content (AvgIpc) is 2.96. The van der Waals surface area contributed by atoms with Crippen molar-refractivity contribution in [2.75, 3.05) is 5.32 Å². The molecule has 9 heteroatoms. The van der Waals surface area contributed by atoms with E-state index in [9.17, 15) is 17.6 Å². The summed E-state index contributed by atoms with van der Waals surface area (Å²) in [5.74, 6) is -0.997. The standard InChI is InChI=1S/C11H6F4N4S/c12-7-4-6(11(13,14)15)10(19-16-1-2-17-19)5-3-8(20)18-9(5)7/h1-2,4H,3H2,(H,18,20). The maximum atomic E-state index is 13.8. The first-order valence-corrected chi connectivity index (χ1v) is 5.88. The van der Waals surface area contributed by atoms with Gasteiger partial charge in [0.25, 0.3) is 0 Å². The minimum absolute atomic E-state index is 0.0162. The number of fused-ring (bicyclic) bond motifs is 1. The van der Waals surface area contributed by atoms with E-state index in [0.717, 1.165) is 4.80 Å². The summed E-state index contributed by atoms with van der Waals surface area (Å²) in [5, 5.41) is 9.98. The first-order chi connectivity index (χ1) is 9.38. The lowest BCUT2D eigenvalue weighted by molar-refractivity contribution is -0.137. The fourth-order valence-electron chi connectivity index (χ4n) is 2.12. The molecule has 0 atom stereocenters. The summed E-state index contributed by atoms with van der Waals surface area (Å²) >= 11 is 4.90. The van der Waals surface area contributed by atoms with Gasteiger partial charge in [-0.1, -0.05) is 12.2 Å². The molecule has 1 aromatic heterocycles. The van der Waals surface area contributed by atoms with Crippen LogP contribution in [0.15, 0.2) is 18.5 Å². The molecule has 2 aromatic rings. The van der Waals surface area contributed by atoms with E-state index in [-0.39, 0.29) is 28.3 Å². The van der Waals surface area contributed by atoms with Crippen LogP contribution >= 0.6 is 12.2 Å². The maximum absolute atomic E-state index is 13.8. The van der Waals surface area contributed by atoms with Gasteiger partial charge < -0.3 is 5.32 Å². The zero-order chi connectivity index (χ0) is 14.5. The Bertz CT molecular complexity index is 693. The van der Waals surface area contributed by atoms with Crippen LogP contribution in [0.3, 0.4) is 0 Å². The SMILES string of the molecule is Fc1cc(C(F)(F)F)c(-n2nccn2)c2c1NC(=S)C2. The van der Waals surface area contributed by atoms with Crippen molar-refractivity contribution in [1.29, 1.82) is 0 Å². The Morgan fingerprint density at radius 3 is 2.50 bits per heavy atom. The lowest BCUT2D eigenvalue weighted by Crippen LogP contribution is -2.15. The Kier molecular flexibility index (Phi) is 2.75. The van der Waals surface area contributed by atoms with Crippen LogP contribution in [-0.4, -0.2) is 20.0 Å². The van der Waals surface area contributed by atoms with Crippen LogP contribution < -0.4 is 5.32 Å². The fraction of sp³-hybridized carbons (Fsp3) is 0.182. The van der Waals surface area contributed by atoms with E-state index in [1.807, 2.05) is 0 Å². The van der Waals surface area contributed by atoms with Gasteiger partial charge in [-0.15, -0.1) is 0 Å². The molecule has 0 radical (unpaired) electrons. The predicted molar refractivity (Wildman–Crippen MR) is 66.2 cm³/mol. The number of rotatable bonds is 1. The quantitative estimate of drug-likeness (QED) is 0.650. The Hall–Kier alpha value is -2.03. The van der Waals surface area contributed by atoms with Crippen molar-refractivity contribution in [1.82, 2.24) is 15.0 Å². The number of aromatic nitrogens is 3. The van der Waals surface area contributed by atoms with E-state index in [1.54, 1.807) is 0 Å². The monoisotopic (exact) mass is 302 g/mol. The molecule has 0 saturated carbocycles. The van der Waals surface area contributed by atoms with E-state index in [4.69, 9.17) is 12.2 Å². The van der Waals surface area contributed by atoms with E-state index in [2.05, 4.69) is 15.5 Å². The second-order valence-corrected chi connectivity index (χ2v) is 4.64. The molecule has 0 bridgehead atoms. The summed E-state index contributed by atoms with van der Waals surface area (Å²) < 4.78 is 53.1. The summed E-state index contributed by atoms with van der Waals surface area (Å²) in [6.07, 6.45) is -2.21. The third kappa shape index (κ3) is 1.94. The predicted octanol–water partition coefficient (Wildman–Crippen LogP) is 2.72. The number of benzene rings is 1. The van der Waals surface area contributed by atoms with Crippen molar-refractivity contribution >= 4 is 22.9 Å². The highest BCUT2D eigenvalue weighted by Gasteiger charge is 2.39. The van der Waals surface area contributed by atoms with E-state index in [0.29, 0.717) is 6.07 Å². The van der Waals surface area contributed by atoms with Gasteiger partial charge in [-0.25, -0.2) is 4.39 Å². The van der Waals surface area contributed by atoms with Crippen LogP contribution in [0.4, 0.5) is 23.2 Å². The van der Waals surface area contributed by atoms with Gasteiger partial charge in [0.1, 0.15) is 11.5 Å². The molecule has 0 saturated heterocycles. The van der Waals surface area contributed by atoms with Crippen LogP contribution in [0.1, 0.15) is 11.1 Å². The first kappa shape index (κ1) is 13.0. The highest BCUT2D eigenvalue weighted by Crippen LogP contribution is 2.41. The van der Waals surface area contributed by atoms with Crippen LogP contribution in [0.2, 0.25) is 0 Å². The van der Waals surface area contributed by atoms with Gasteiger partial charge in [0.05, 0.1) is 28.6 Å². The number of hydrogen-bond donors (Lipinski definition) is 1. The molecule has 0 unspecified atom stereocenters. The second kappa shape index (κ2) is 4.23. The molecule has 1 aliphatic heterocycles. The summed E-state index contributed by atoms with van der Waals surface area (Å²) in [7, 11) is 0. The van der Waals surface area contributed by atoms with Crippen LogP contribution in [0.5, 0.6) is 0 Å². The minimum atomic E-state index is -4.72. The molecular weight excluding hydrogens is 296 g/mol. The maximum Gasteiger partial charge on any atom is 0.418 e. The number of thiocarbonyl (C=S) groups is 1. The number of hydrogen-bond acceptors (Lipinski definition) is 3. The van der Waals surface area contributed by atoms with Crippen molar-refractivity contribution < 1.29 is 17.6 Å². The Morgan fingerprint density at radius 2 is 1.90 bits per heavy atom. The van der Waals surface area contributed by atoms with Crippen molar-refractivity contribution in [3.63, 3.8) is 0 Å². The smallest absolute Gasteiger partial charge is 0.347 e. The average molecular weight is 302 g/mol. The molecule has 1 aliphatic rings. The highest BCUT2D eigenvalue weighted by atomic mass is 32.1. The van der Waals surface area contributed by atoms with Crippen molar-refractivity contribution in [3.8, 4) is 5.69 Å². The molecule has 20 heavy (non-hydrogen) atoms. The molecular formula is C11H6F4N4S. The van der Waals surface area contributed by atoms with Crippen LogP contribution in [0, 0.1) is 5.82 Å². The molecule has 0 aliphatic carbocycles. The molecule has 2 heterocycles. The molecule has 3 rings (SSSR count). The highest BCUT2D eigenvalue weighted by molar-refractivity contribution is 7.80. The van der Waals surface area contributed by atoms with E-state index in [1.165, 1.54) is 12.4 Å². The zero-order valence-corrected chi connectivity index (χ0v) is 10.5. The number of nitrogens with one attached hydrogen (secondary N) is 1. The van der Waals surface area contributed by atoms with Gasteiger partial charge in [0.15, 0.2) is 0 Å². The van der Waals surface area contributed by atoms with Crippen molar-refractivity contribution in [2.24, 2.45) is 0 Å². The molecule has 0 fully saturated rings. The lowest BCUT2D eigenvalue weighted by atomic mass is 10.0. The van der Waals surface area contributed by atoms with Crippen LogP contribution in [0.25, 0.3) is 5.69 Å². The summed E-state index contributed by atoms with van der Waals surface area (Å²) in [4.78, 5) is 1.09. The molecule has 104 valence electrons. The Balaban J connectivity index is 2.35. The number of halogens is 4.